The first-order chi connectivity index (χ1) is 12.5. The van der Waals surface area contributed by atoms with Crippen LogP contribution in [0, 0.1) is 0 Å². The zero-order chi connectivity index (χ0) is 18.3. The Balaban J connectivity index is 1.52. The molecule has 2 aromatic heterocycles. The van der Waals surface area contributed by atoms with E-state index in [9.17, 15) is 13.2 Å². The average molecular weight is 409 g/mol. The molecule has 136 valence electrons. The van der Waals surface area contributed by atoms with Crippen LogP contribution < -0.4 is 5.32 Å². The predicted octanol–water partition coefficient (Wildman–Crippen LogP) is 2.71. The Labute approximate surface area is 158 Å². The fourth-order valence-corrected chi connectivity index (χ4v) is 5.79. The van der Waals surface area contributed by atoms with Gasteiger partial charge < -0.3 is 0 Å². The number of nitrogens with zero attached hydrogens (tertiary/aromatic N) is 3. The number of para-hydroxylation sites is 1. The Hall–Kier alpha value is -1.88. The first-order valence-corrected chi connectivity index (χ1v) is 11.3. The summed E-state index contributed by atoms with van der Waals surface area (Å²) < 4.78 is 26.5. The molecule has 1 aliphatic heterocycles. The van der Waals surface area contributed by atoms with E-state index in [-0.39, 0.29) is 11.7 Å². The van der Waals surface area contributed by atoms with Gasteiger partial charge in [0.2, 0.25) is 10.0 Å². The van der Waals surface area contributed by atoms with Crippen LogP contribution in [-0.4, -0.2) is 40.9 Å². The van der Waals surface area contributed by atoms with Crippen LogP contribution in [0.2, 0.25) is 0 Å². The van der Waals surface area contributed by atoms with Crippen molar-refractivity contribution in [2.45, 2.75) is 19.9 Å². The van der Waals surface area contributed by atoms with Gasteiger partial charge in [0.25, 0.3) is 5.91 Å². The minimum absolute atomic E-state index is 0.0857. The van der Waals surface area contributed by atoms with Gasteiger partial charge in [0.15, 0.2) is 10.1 Å². The molecular formula is C16H16N4O3S3. The Kier molecular flexibility index (Phi) is 4.51. The number of anilines is 1. The molecule has 0 aliphatic carbocycles. The van der Waals surface area contributed by atoms with E-state index in [0.29, 0.717) is 29.6 Å². The van der Waals surface area contributed by atoms with Crippen molar-refractivity contribution < 1.29 is 13.2 Å². The molecule has 1 amide bonds. The number of nitrogens with one attached hydrogen (secondary N) is 1. The zero-order valence-electron chi connectivity index (χ0n) is 13.9. The maximum absolute atomic E-state index is 12.5. The Morgan fingerprint density at radius 3 is 2.85 bits per heavy atom. The highest BCUT2D eigenvalue weighted by Crippen LogP contribution is 2.30. The van der Waals surface area contributed by atoms with Crippen molar-refractivity contribution in [2.75, 3.05) is 17.6 Å². The monoisotopic (exact) mass is 408 g/mol. The minimum atomic E-state index is -3.22. The molecule has 0 saturated heterocycles. The van der Waals surface area contributed by atoms with Gasteiger partial charge in [-0.15, -0.1) is 22.7 Å². The van der Waals surface area contributed by atoms with E-state index in [1.54, 1.807) is 6.92 Å². The third-order valence-corrected chi connectivity index (χ3v) is 8.02. The predicted molar refractivity (Wildman–Crippen MR) is 103 cm³/mol. The lowest BCUT2D eigenvalue weighted by Gasteiger charge is -2.24. The van der Waals surface area contributed by atoms with Gasteiger partial charge in [-0.3, -0.25) is 10.1 Å². The minimum Gasteiger partial charge on any atom is -0.296 e. The number of sulfonamides is 1. The van der Waals surface area contributed by atoms with Crippen molar-refractivity contribution in [1.82, 2.24) is 14.3 Å². The molecule has 0 atom stereocenters. The van der Waals surface area contributed by atoms with Crippen molar-refractivity contribution in [1.29, 1.82) is 0 Å². The summed E-state index contributed by atoms with van der Waals surface area (Å²) in [6, 6.07) is 7.59. The second kappa shape index (κ2) is 6.69. The number of carbonyl (C=O) groups excluding carboxylic acids is 1. The van der Waals surface area contributed by atoms with E-state index in [4.69, 9.17) is 0 Å². The number of aromatic nitrogens is 2. The number of thiazole rings is 2. The number of fused-ring (bicyclic) bond motifs is 2. The van der Waals surface area contributed by atoms with E-state index in [1.807, 2.05) is 24.3 Å². The maximum atomic E-state index is 12.5. The van der Waals surface area contributed by atoms with Crippen molar-refractivity contribution in [3.63, 3.8) is 0 Å². The highest BCUT2D eigenvalue weighted by molar-refractivity contribution is 7.89. The van der Waals surface area contributed by atoms with Gasteiger partial charge in [-0.2, -0.15) is 4.31 Å². The van der Waals surface area contributed by atoms with Gasteiger partial charge in [0.1, 0.15) is 0 Å². The van der Waals surface area contributed by atoms with Crippen LogP contribution in [-0.2, 0) is 23.0 Å². The quantitative estimate of drug-likeness (QED) is 0.717. The molecule has 0 spiro atoms. The van der Waals surface area contributed by atoms with Gasteiger partial charge >= 0.3 is 0 Å². The van der Waals surface area contributed by atoms with Gasteiger partial charge in [0.05, 0.1) is 21.7 Å². The summed E-state index contributed by atoms with van der Waals surface area (Å²) in [7, 11) is -3.22. The highest BCUT2D eigenvalue weighted by Gasteiger charge is 2.28. The zero-order valence-corrected chi connectivity index (χ0v) is 16.4. The number of hydrogen-bond acceptors (Lipinski definition) is 7. The first-order valence-electron chi connectivity index (χ1n) is 8.09. The van der Waals surface area contributed by atoms with Gasteiger partial charge in [-0.05, 0) is 19.1 Å². The topological polar surface area (TPSA) is 92.3 Å². The highest BCUT2D eigenvalue weighted by atomic mass is 32.2. The summed E-state index contributed by atoms with van der Waals surface area (Å²) in [6.45, 7) is 2.39. The molecule has 0 radical (unpaired) electrons. The summed E-state index contributed by atoms with van der Waals surface area (Å²) in [6.07, 6.45) is 0.558. The summed E-state index contributed by atoms with van der Waals surface area (Å²) in [5, 5.41) is 3.66. The van der Waals surface area contributed by atoms with Crippen LogP contribution in [0.3, 0.4) is 0 Å². The molecular weight excluding hydrogens is 392 g/mol. The normalized spacial score (nSPS) is 15.1. The average Bonchev–Trinajstić information content (AvgIpc) is 3.24. The summed E-state index contributed by atoms with van der Waals surface area (Å²) in [4.78, 5) is 22.1. The van der Waals surface area contributed by atoms with E-state index in [0.717, 1.165) is 20.8 Å². The Morgan fingerprint density at radius 2 is 2.08 bits per heavy atom. The first kappa shape index (κ1) is 17.5. The molecule has 0 unspecified atom stereocenters. The number of carbonyl (C=O) groups is 1. The number of rotatable bonds is 4. The van der Waals surface area contributed by atoms with Gasteiger partial charge in [-0.1, -0.05) is 12.1 Å². The summed E-state index contributed by atoms with van der Waals surface area (Å²) in [5.41, 5.74) is 1.65. The molecule has 26 heavy (non-hydrogen) atoms. The van der Waals surface area contributed by atoms with Crippen LogP contribution in [0.15, 0.2) is 24.3 Å². The summed E-state index contributed by atoms with van der Waals surface area (Å²) >= 11 is 2.66. The Morgan fingerprint density at radius 1 is 1.27 bits per heavy atom. The maximum Gasteiger partial charge on any atom is 0.286 e. The fourth-order valence-electron chi connectivity index (χ4n) is 2.77. The molecule has 0 bridgehead atoms. The third-order valence-electron chi connectivity index (χ3n) is 4.16. The lowest BCUT2D eigenvalue weighted by atomic mass is 10.2. The van der Waals surface area contributed by atoms with Crippen molar-refractivity contribution in [3.8, 4) is 0 Å². The second-order valence-electron chi connectivity index (χ2n) is 5.81. The van der Waals surface area contributed by atoms with Crippen molar-refractivity contribution in [2.24, 2.45) is 0 Å². The van der Waals surface area contributed by atoms with Crippen LogP contribution in [0.25, 0.3) is 10.2 Å². The van der Waals surface area contributed by atoms with E-state index in [1.165, 1.54) is 27.0 Å². The van der Waals surface area contributed by atoms with E-state index >= 15 is 0 Å². The molecule has 3 aromatic rings. The molecule has 0 fully saturated rings. The lowest BCUT2D eigenvalue weighted by Crippen LogP contribution is -2.36. The summed E-state index contributed by atoms with van der Waals surface area (Å²) in [5.74, 6) is -0.210. The largest absolute Gasteiger partial charge is 0.296 e. The van der Waals surface area contributed by atoms with Gasteiger partial charge in [0, 0.05) is 24.4 Å². The molecule has 0 saturated carbocycles. The smallest absolute Gasteiger partial charge is 0.286 e. The molecule has 4 rings (SSSR count). The standard InChI is InChI=1S/C16H16N4O3S3/c1-2-26(22,23)20-8-7-11-13(9-20)25-16(18-11)19-14(21)15-17-10-5-3-4-6-12(10)24-15/h3-6H,2,7-9H2,1H3,(H,18,19,21). The molecule has 1 aromatic carbocycles. The molecule has 3 heterocycles. The van der Waals surface area contributed by atoms with Crippen molar-refractivity contribution >= 4 is 54.0 Å². The Bertz CT molecular complexity index is 1050. The molecule has 10 heteroatoms. The van der Waals surface area contributed by atoms with E-state index < -0.39 is 10.0 Å². The number of hydrogen-bond donors (Lipinski definition) is 1. The third kappa shape index (κ3) is 3.25. The molecule has 1 aliphatic rings. The fraction of sp³-hybridized carbons (Fsp3) is 0.312. The van der Waals surface area contributed by atoms with Crippen LogP contribution in [0.5, 0.6) is 0 Å². The SMILES string of the molecule is CCS(=O)(=O)N1CCc2nc(NC(=O)c3nc4ccccc4s3)sc2C1. The number of amides is 1. The second-order valence-corrected chi connectivity index (χ2v) is 10.2. The van der Waals surface area contributed by atoms with Crippen LogP contribution >= 0.6 is 22.7 Å². The molecule has 1 N–H and O–H groups in total. The molecule has 7 nitrogen and oxygen atoms in total. The van der Waals surface area contributed by atoms with Crippen LogP contribution in [0.4, 0.5) is 5.13 Å². The lowest BCUT2D eigenvalue weighted by molar-refractivity contribution is 0.102. The van der Waals surface area contributed by atoms with E-state index in [2.05, 4.69) is 15.3 Å². The van der Waals surface area contributed by atoms with Crippen LogP contribution in [0.1, 0.15) is 27.3 Å². The van der Waals surface area contributed by atoms with Gasteiger partial charge in [-0.25, -0.2) is 18.4 Å². The van der Waals surface area contributed by atoms with Crippen molar-refractivity contribution in [3.05, 3.63) is 39.8 Å². The number of benzene rings is 1.